The van der Waals surface area contributed by atoms with Crippen molar-refractivity contribution >= 4 is 11.6 Å². The van der Waals surface area contributed by atoms with Gasteiger partial charge in [-0.15, -0.1) is 0 Å². The lowest BCUT2D eigenvalue weighted by Crippen LogP contribution is -2.42. The average Bonchev–Trinajstić information content (AvgIpc) is 2.42. The number of aromatic nitrogens is 1. The second-order valence-electron chi connectivity index (χ2n) is 5.03. The number of nitrogen functional groups attached to an aromatic ring is 1. The first-order chi connectivity index (χ1) is 8.68. The molecule has 0 bridgehead atoms. The predicted molar refractivity (Wildman–Crippen MR) is 72.2 cm³/mol. The highest BCUT2D eigenvalue weighted by molar-refractivity contribution is 5.87. The highest BCUT2D eigenvalue weighted by Crippen LogP contribution is 2.34. The third kappa shape index (κ3) is 2.53. The van der Waals surface area contributed by atoms with Crippen molar-refractivity contribution in [2.24, 2.45) is 5.41 Å². The molecule has 1 aromatic rings. The van der Waals surface area contributed by atoms with Gasteiger partial charge in [0.25, 0.3) is 0 Å². The smallest absolute Gasteiger partial charge is 0.143 e. The fourth-order valence-corrected chi connectivity index (χ4v) is 2.70. The van der Waals surface area contributed by atoms with E-state index in [0.29, 0.717) is 18.0 Å². The van der Waals surface area contributed by atoms with Crippen molar-refractivity contribution in [3.05, 3.63) is 23.9 Å². The van der Waals surface area contributed by atoms with Gasteiger partial charge in [0.05, 0.1) is 0 Å². The summed E-state index contributed by atoms with van der Waals surface area (Å²) in [5, 5.41) is 3.31. The topological polar surface area (TPSA) is 68.0 Å². The summed E-state index contributed by atoms with van der Waals surface area (Å²) in [7, 11) is 0. The first-order valence-electron chi connectivity index (χ1n) is 6.61. The Morgan fingerprint density at radius 1 is 1.50 bits per heavy atom. The van der Waals surface area contributed by atoms with Gasteiger partial charge in [0.15, 0.2) is 0 Å². The van der Waals surface area contributed by atoms with Gasteiger partial charge in [-0.3, -0.25) is 4.79 Å². The Morgan fingerprint density at radius 2 is 2.22 bits per heavy atom. The van der Waals surface area contributed by atoms with Gasteiger partial charge in [0.2, 0.25) is 0 Å². The Hall–Kier alpha value is -1.42. The number of carbonyl (C=O) groups is 1. The van der Waals surface area contributed by atoms with E-state index in [1.54, 1.807) is 6.20 Å². The van der Waals surface area contributed by atoms with Gasteiger partial charge in [0, 0.05) is 23.6 Å². The molecule has 0 spiro atoms. The molecular weight excluding hydrogens is 226 g/mol. The van der Waals surface area contributed by atoms with E-state index < -0.39 is 0 Å². The van der Waals surface area contributed by atoms with E-state index in [1.165, 1.54) is 0 Å². The molecule has 1 fully saturated rings. The molecule has 3 N–H and O–H groups in total. The molecule has 0 saturated carbocycles. The number of ketones is 1. The minimum absolute atomic E-state index is 0.159. The Balaban J connectivity index is 2.13. The number of rotatable bonds is 4. The lowest BCUT2D eigenvalue weighted by molar-refractivity contribution is -0.129. The van der Waals surface area contributed by atoms with Gasteiger partial charge in [-0.2, -0.15) is 0 Å². The number of piperidine rings is 1. The summed E-state index contributed by atoms with van der Waals surface area (Å²) >= 11 is 0. The highest BCUT2D eigenvalue weighted by Gasteiger charge is 2.37. The van der Waals surface area contributed by atoms with Crippen molar-refractivity contribution in [1.82, 2.24) is 10.3 Å². The zero-order valence-electron chi connectivity index (χ0n) is 10.9. The van der Waals surface area contributed by atoms with Gasteiger partial charge >= 0.3 is 0 Å². The van der Waals surface area contributed by atoms with Gasteiger partial charge < -0.3 is 11.1 Å². The average molecular weight is 247 g/mol. The summed E-state index contributed by atoms with van der Waals surface area (Å²) in [6.45, 7) is 3.97. The third-order valence-electron chi connectivity index (χ3n) is 4.11. The van der Waals surface area contributed by atoms with Crippen LogP contribution in [0.3, 0.4) is 0 Å². The molecule has 18 heavy (non-hydrogen) atoms. The highest BCUT2D eigenvalue weighted by atomic mass is 16.1. The van der Waals surface area contributed by atoms with Crippen molar-refractivity contribution < 1.29 is 4.79 Å². The predicted octanol–water partition coefficient (Wildman–Crippen LogP) is 1.56. The van der Waals surface area contributed by atoms with Crippen molar-refractivity contribution in [3.63, 3.8) is 0 Å². The monoisotopic (exact) mass is 247 g/mol. The quantitative estimate of drug-likeness (QED) is 0.847. The minimum Gasteiger partial charge on any atom is -0.383 e. The number of nitrogens with zero attached hydrogens (tertiary/aromatic N) is 1. The summed E-state index contributed by atoms with van der Waals surface area (Å²) in [4.78, 5) is 16.6. The van der Waals surface area contributed by atoms with Crippen LogP contribution >= 0.6 is 0 Å². The largest absolute Gasteiger partial charge is 0.383 e. The zero-order valence-corrected chi connectivity index (χ0v) is 10.9. The van der Waals surface area contributed by atoms with E-state index in [0.717, 1.165) is 37.9 Å². The number of hydrogen-bond donors (Lipinski definition) is 2. The van der Waals surface area contributed by atoms with Gasteiger partial charge in [-0.1, -0.05) is 13.0 Å². The summed E-state index contributed by atoms with van der Waals surface area (Å²) < 4.78 is 0. The number of nitrogens with one attached hydrogen (secondary N) is 1. The lowest BCUT2D eigenvalue weighted by atomic mass is 9.72. The molecule has 1 aliphatic rings. The second kappa shape index (κ2) is 5.48. The normalized spacial score (nSPS) is 18.5. The number of carbonyl (C=O) groups excluding carboxylic acids is 1. The molecule has 1 aliphatic heterocycles. The molecule has 0 radical (unpaired) electrons. The zero-order chi connectivity index (χ0) is 13.0. The van der Waals surface area contributed by atoms with Crippen LogP contribution < -0.4 is 11.1 Å². The third-order valence-corrected chi connectivity index (χ3v) is 4.11. The molecular formula is C14H21N3O. The van der Waals surface area contributed by atoms with Crippen LogP contribution in [0.1, 0.15) is 31.7 Å². The van der Waals surface area contributed by atoms with Gasteiger partial charge in [-0.05, 0) is 38.4 Å². The van der Waals surface area contributed by atoms with E-state index in [4.69, 9.17) is 5.73 Å². The van der Waals surface area contributed by atoms with Crippen LogP contribution in [0.4, 0.5) is 5.82 Å². The minimum atomic E-state index is -0.159. The molecule has 0 amide bonds. The number of nitrogens with two attached hydrogens (primary N) is 1. The van der Waals surface area contributed by atoms with Crippen LogP contribution in [0.5, 0.6) is 0 Å². The Morgan fingerprint density at radius 3 is 2.83 bits per heavy atom. The number of hydrogen-bond acceptors (Lipinski definition) is 4. The first kappa shape index (κ1) is 13.0. The Bertz CT molecular complexity index is 425. The first-order valence-corrected chi connectivity index (χ1v) is 6.61. The van der Waals surface area contributed by atoms with Crippen molar-refractivity contribution in [3.8, 4) is 0 Å². The Kier molecular flexibility index (Phi) is 3.97. The van der Waals surface area contributed by atoms with E-state index in [-0.39, 0.29) is 5.41 Å². The summed E-state index contributed by atoms with van der Waals surface area (Å²) in [5.41, 5.74) is 6.50. The van der Waals surface area contributed by atoms with Crippen LogP contribution in [0, 0.1) is 5.41 Å². The molecule has 2 rings (SSSR count). The van der Waals surface area contributed by atoms with Crippen molar-refractivity contribution in [2.45, 2.75) is 32.6 Å². The maximum Gasteiger partial charge on any atom is 0.143 e. The maximum absolute atomic E-state index is 12.6. The fourth-order valence-electron chi connectivity index (χ4n) is 2.70. The molecule has 4 nitrogen and oxygen atoms in total. The molecule has 0 aromatic carbocycles. The van der Waals surface area contributed by atoms with E-state index >= 15 is 0 Å². The molecule has 1 aromatic heterocycles. The molecule has 0 aliphatic carbocycles. The van der Waals surface area contributed by atoms with Crippen molar-refractivity contribution in [2.75, 3.05) is 18.8 Å². The van der Waals surface area contributed by atoms with Crippen LogP contribution in [0.15, 0.2) is 18.3 Å². The Labute approximate surface area is 108 Å². The van der Waals surface area contributed by atoms with E-state index in [9.17, 15) is 4.79 Å². The number of Topliss-reactive ketones (excluding diaryl/α,β-unsaturated/α-hetero) is 1. The molecule has 4 heteroatoms. The van der Waals surface area contributed by atoms with E-state index in [1.807, 2.05) is 12.1 Å². The SMILES string of the molecule is CCC1(C(=O)Cc2cccnc2N)CCNCC1. The summed E-state index contributed by atoms with van der Waals surface area (Å²) in [6, 6.07) is 3.73. The molecule has 1 saturated heterocycles. The van der Waals surface area contributed by atoms with Crippen LogP contribution in [-0.4, -0.2) is 23.9 Å². The number of pyridine rings is 1. The second-order valence-corrected chi connectivity index (χ2v) is 5.03. The van der Waals surface area contributed by atoms with Gasteiger partial charge in [0.1, 0.15) is 11.6 Å². The maximum atomic E-state index is 12.6. The van der Waals surface area contributed by atoms with Gasteiger partial charge in [-0.25, -0.2) is 4.98 Å². The summed E-state index contributed by atoms with van der Waals surface area (Å²) in [5.74, 6) is 0.789. The lowest BCUT2D eigenvalue weighted by Gasteiger charge is -2.35. The summed E-state index contributed by atoms with van der Waals surface area (Å²) in [6.07, 6.45) is 4.84. The molecule has 0 atom stereocenters. The fraction of sp³-hybridized carbons (Fsp3) is 0.571. The van der Waals surface area contributed by atoms with Crippen molar-refractivity contribution in [1.29, 1.82) is 0 Å². The molecule has 0 unspecified atom stereocenters. The number of anilines is 1. The van der Waals surface area contributed by atoms with E-state index in [2.05, 4.69) is 17.2 Å². The van der Waals surface area contributed by atoms with Crippen LogP contribution in [0.2, 0.25) is 0 Å². The standard InChI is InChI=1S/C14H21N3O/c1-2-14(5-8-16-9-6-14)12(18)10-11-4-3-7-17-13(11)15/h3-4,7,16H,2,5-6,8-10H2,1H3,(H2,15,17). The molecule has 2 heterocycles. The van der Waals surface area contributed by atoms with Crippen LogP contribution in [-0.2, 0) is 11.2 Å². The molecule has 98 valence electrons. The van der Waals surface area contributed by atoms with Crippen LogP contribution in [0.25, 0.3) is 0 Å².